The molecular weight excluding hydrogens is 468 g/mol. The van der Waals surface area contributed by atoms with Crippen LogP contribution in [0.25, 0.3) is 16.6 Å². The smallest absolute Gasteiger partial charge is 0.293 e. The number of nitro benzene ring substituents is 1. The standard InChI is InChI=1S/C25H22N4O5S/c1-3-34-22-11-7-6-10-20(22)28-24(31)17-8-4-5-9-18(17)27-25(28)35-15-23(30)26-19-13-12-16(2)14-21(19)29(32)33/h4-14H,3,15H2,1-2H3,(H,26,30). The topological polar surface area (TPSA) is 116 Å². The van der Waals surface area contributed by atoms with Crippen LogP contribution >= 0.6 is 11.8 Å². The first-order valence-corrected chi connectivity index (χ1v) is 11.8. The number of hydrogen-bond acceptors (Lipinski definition) is 7. The molecule has 10 heteroatoms. The molecule has 35 heavy (non-hydrogen) atoms. The highest BCUT2D eigenvalue weighted by atomic mass is 32.2. The van der Waals surface area contributed by atoms with E-state index in [9.17, 15) is 19.7 Å². The molecule has 1 aromatic heterocycles. The summed E-state index contributed by atoms with van der Waals surface area (Å²) in [5.41, 5.74) is 1.35. The molecule has 0 saturated heterocycles. The van der Waals surface area contributed by atoms with Crippen molar-refractivity contribution in [3.05, 3.63) is 92.8 Å². The van der Waals surface area contributed by atoms with Crippen LogP contribution < -0.4 is 15.6 Å². The Hall–Kier alpha value is -4.18. The van der Waals surface area contributed by atoms with Crippen molar-refractivity contribution in [1.82, 2.24) is 9.55 Å². The second-order valence-corrected chi connectivity index (χ2v) is 8.51. The SMILES string of the molecule is CCOc1ccccc1-n1c(SCC(=O)Nc2ccc(C)cc2[N+](=O)[O-])nc2ccccc2c1=O. The molecular formula is C25H22N4O5S. The molecule has 3 aromatic carbocycles. The summed E-state index contributed by atoms with van der Waals surface area (Å²) in [5, 5.41) is 14.7. The van der Waals surface area contributed by atoms with E-state index in [-0.39, 0.29) is 22.7 Å². The largest absolute Gasteiger partial charge is 0.492 e. The van der Waals surface area contributed by atoms with Crippen molar-refractivity contribution in [2.75, 3.05) is 17.7 Å². The van der Waals surface area contributed by atoms with Crippen LogP contribution in [0, 0.1) is 17.0 Å². The van der Waals surface area contributed by atoms with E-state index in [0.29, 0.717) is 39.7 Å². The van der Waals surface area contributed by atoms with E-state index in [4.69, 9.17) is 4.74 Å². The molecule has 0 spiro atoms. The first-order valence-electron chi connectivity index (χ1n) is 10.8. The zero-order chi connectivity index (χ0) is 24.9. The molecule has 9 nitrogen and oxygen atoms in total. The first-order chi connectivity index (χ1) is 16.9. The van der Waals surface area contributed by atoms with E-state index in [1.165, 1.54) is 16.7 Å². The molecule has 4 aromatic rings. The summed E-state index contributed by atoms with van der Waals surface area (Å²) in [6.45, 7) is 3.99. The van der Waals surface area contributed by atoms with Gasteiger partial charge in [0.15, 0.2) is 5.16 Å². The minimum absolute atomic E-state index is 0.108. The van der Waals surface area contributed by atoms with Gasteiger partial charge < -0.3 is 10.1 Å². The van der Waals surface area contributed by atoms with E-state index in [2.05, 4.69) is 10.3 Å². The normalized spacial score (nSPS) is 10.8. The summed E-state index contributed by atoms with van der Waals surface area (Å²) >= 11 is 1.06. The number of fused-ring (bicyclic) bond motifs is 1. The first kappa shape index (κ1) is 24.0. The fourth-order valence-corrected chi connectivity index (χ4v) is 4.36. The molecule has 0 aliphatic carbocycles. The predicted octanol–water partition coefficient (Wildman–Crippen LogP) is 4.73. The molecule has 0 aliphatic rings. The number of benzene rings is 3. The molecule has 0 unspecified atom stereocenters. The summed E-state index contributed by atoms with van der Waals surface area (Å²) in [4.78, 5) is 41.7. The minimum Gasteiger partial charge on any atom is -0.492 e. The summed E-state index contributed by atoms with van der Waals surface area (Å²) in [6.07, 6.45) is 0. The number of aryl methyl sites for hydroxylation is 1. The van der Waals surface area contributed by atoms with Crippen LogP contribution in [0.3, 0.4) is 0 Å². The lowest BCUT2D eigenvalue weighted by Crippen LogP contribution is -2.23. The van der Waals surface area contributed by atoms with Crippen LogP contribution in [0.15, 0.2) is 76.7 Å². The lowest BCUT2D eigenvalue weighted by atomic mass is 10.2. The fourth-order valence-electron chi connectivity index (χ4n) is 3.56. The van der Waals surface area contributed by atoms with Crippen molar-refractivity contribution < 1.29 is 14.5 Å². The number of anilines is 1. The molecule has 178 valence electrons. The number of amides is 1. The predicted molar refractivity (Wildman–Crippen MR) is 136 cm³/mol. The number of nitrogens with zero attached hydrogens (tertiary/aromatic N) is 3. The van der Waals surface area contributed by atoms with E-state index >= 15 is 0 Å². The number of aromatic nitrogens is 2. The van der Waals surface area contributed by atoms with Gasteiger partial charge in [-0.1, -0.05) is 42.1 Å². The van der Waals surface area contributed by atoms with Crippen molar-refractivity contribution >= 4 is 39.9 Å². The number of carbonyl (C=O) groups excluding carboxylic acids is 1. The molecule has 0 aliphatic heterocycles. The van der Waals surface area contributed by atoms with Crippen molar-refractivity contribution in [3.8, 4) is 11.4 Å². The lowest BCUT2D eigenvalue weighted by Gasteiger charge is -2.16. The average molecular weight is 491 g/mol. The number of ether oxygens (including phenoxy) is 1. The van der Waals surface area contributed by atoms with Crippen LogP contribution in [-0.4, -0.2) is 32.7 Å². The Kier molecular flexibility index (Phi) is 7.11. The van der Waals surface area contributed by atoms with Gasteiger partial charge in [-0.3, -0.25) is 24.3 Å². The third kappa shape index (κ3) is 5.17. The number of nitrogens with one attached hydrogen (secondary N) is 1. The van der Waals surface area contributed by atoms with Gasteiger partial charge in [0.1, 0.15) is 11.4 Å². The monoisotopic (exact) mass is 490 g/mol. The van der Waals surface area contributed by atoms with Gasteiger partial charge in [-0.2, -0.15) is 0 Å². The highest BCUT2D eigenvalue weighted by Gasteiger charge is 2.19. The summed E-state index contributed by atoms with van der Waals surface area (Å²) < 4.78 is 7.15. The maximum atomic E-state index is 13.5. The minimum atomic E-state index is -0.539. The highest BCUT2D eigenvalue weighted by Crippen LogP contribution is 2.29. The van der Waals surface area contributed by atoms with Gasteiger partial charge in [0.25, 0.3) is 11.2 Å². The summed E-state index contributed by atoms with van der Waals surface area (Å²) in [7, 11) is 0. The van der Waals surface area contributed by atoms with Gasteiger partial charge in [0.2, 0.25) is 5.91 Å². The van der Waals surface area contributed by atoms with Crippen LogP contribution in [-0.2, 0) is 4.79 Å². The molecule has 4 rings (SSSR count). The number of hydrogen-bond donors (Lipinski definition) is 1. The number of nitro groups is 1. The van der Waals surface area contributed by atoms with Crippen molar-refractivity contribution in [2.24, 2.45) is 0 Å². The molecule has 0 fully saturated rings. The van der Waals surface area contributed by atoms with Gasteiger partial charge in [-0.15, -0.1) is 0 Å². The van der Waals surface area contributed by atoms with Crippen LogP contribution in [0.5, 0.6) is 5.75 Å². The molecule has 0 saturated carbocycles. The number of carbonyl (C=O) groups is 1. The van der Waals surface area contributed by atoms with Crippen LogP contribution in [0.2, 0.25) is 0 Å². The Bertz CT molecular complexity index is 1480. The second kappa shape index (κ2) is 10.4. The zero-order valence-electron chi connectivity index (χ0n) is 19.1. The van der Waals surface area contributed by atoms with E-state index in [1.54, 1.807) is 55.5 Å². The van der Waals surface area contributed by atoms with Crippen LogP contribution in [0.4, 0.5) is 11.4 Å². The summed E-state index contributed by atoms with van der Waals surface area (Å²) in [6, 6.07) is 18.7. The van der Waals surface area contributed by atoms with Gasteiger partial charge >= 0.3 is 0 Å². The number of rotatable bonds is 8. The lowest BCUT2D eigenvalue weighted by molar-refractivity contribution is -0.384. The average Bonchev–Trinajstić information content (AvgIpc) is 2.85. The third-order valence-corrected chi connectivity index (χ3v) is 6.05. The Labute approximate surface area is 204 Å². The molecule has 1 heterocycles. The fraction of sp³-hybridized carbons (Fsp3) is 0.160. The molecule has 1 N–H and O–H groups in total. The second-order valence-electron chi connectivity index (χ2n) is 7.57. The Balaban J connectivity index is 1.70. The van der Waals surface area contributed by atoms with Crippen molar-refractivity contribution in [1.29, 1.82) is 0 Å². The van der Waals surface area contributed by atoms with E-state index in [1.807, 2.05) is 13.0 Å². The number of para-hydroxylation sites is 3. The van der Waals surface area contributed by atoms with E-state index < -0.39 is 10.8 Å². The quantitative estimate of drug-likeness (QED) is 0.164. The Morgan fingerprint density at radius 1 is 1.14 bits per heavy atom. The maximum absolute atomic E-state index is 13.5. The molecule has 0 atom stereocenters. The zero-order valence-corrected chi connectivity index (χ0v) is 19.9. The molecule has 0 bridgehead atoms. The Morgan fingerprint density at radius 3 is 2.66 bits per heavy atom. The molecule has 1 amide bonds. The van der Waals surface area contributed by atoms with E-state index in [0.717, 1.165) is 11.8 Å². The van der Waals surface area contributed by atoms with Crippen molar-refractivity contribution in [3.63, 3.8) is 0 Å². The van der Waals surface area contributed by atoms with Gasteiger partial charge in [0.05, 0.1) is 33.9 Å². The van der Waals surface area contributed by atoms with Gasteiger partial charge in [0, 0.05) is 6.07 Å². The Morgan fingerprint density at radius 2 is 1.89 bits per heavy atom. The van der Waals surface area contributed by atoms with Crippen molar-refractivity contribution in [2.45, 2.75) is 19.0 Å². The summed E-state index contributed by atoms with van der Waals surface area (Å²) in [5.74, 6) is -0.0724. The highest BCUT2D eigenvalue weighted by molar-refractivity contribution is 7.99. The maximum Gasteiger partial charge on any atom is 0.293 e. The van der Waals surface area contributed by atoms with Gasteiger partial charge in [-0.05, 0) is 49.7 Å². The van der Waals surface area contributed by atoms with Crippen LogP contribution in [0.1, 0.15) is 12.5 Å². The molecule has 0 radical (unpaired) electrons. The number of thioether (sulfide) groups is 1. The van der Waals surface area contributed by atoms with Gasteiger partial charge in [-0.25, -0.2) is 4.98 Å². The third-order valence-electron chi connectivity index (χ3n) is 5.11.